The zero-order valence-electron chi connectivity index (χ0n) is 19.1. The average molecular weight is 466 g/mol. The molecule has 9 heteroatoms. The summed E-state index contributed by atoms with van der Waals surface area (Å²) >= 11 is 0. The second-order valence-corrected chi connectivity index (χ2v) is 8.50. The van der Waals surface area contributed by atoms with Gasteiger partial charge in [-0.1, -0.05) is 42.5 Å². The van der Waals surface area contributed by atoms with Crippen LogP contribution in [0.1, 0.15) is 38.4 Å². The summed E-state index contributed by atoms with van der Waals surface area (Å²) in [6, 6.07) is 14.8. The zero-order chi connectivity index (χ0) is 24.3. The number of urea groups is 1. The predicted octanol–water partition coefficient (Wildman–Crippen LogP) is 3.03. The van der Waals surface area contributed by atoms with Crippen molar-refractivity contribution in [2.24, 2.45) is 5.92 Å². The van der Waals surface area contributed by atoms with Crippen molar-refractivity contribution in [2.75, 3.05) is 18.5 Å². The fourth-order valence-corrected chi connectivity index (χ4v) is 4.04. The van der Waals surface area contributed by atoms with Crippen molar-refractivity contribution < 1.29 is 28.7 Å². The number of nitrogens with zero attached hydrogens (tertiary/aromatic N) is 1. The van der Waals surface area contributed by atoms with E-state index < -0.39 is 42.0 Å². The van der Waals surface area contributed by atoms with Crippen LogP contribution in [0.15, 0.2) is 54.6 Å². The van der Waals surface area contributed by atoms with Crippen molar-refractivity contribution in [1.29, 1.82) is 0 Å². The molecule has 4 amide bonds. The van der Waals surface area contributed by atoms with E-state index in [0.29, 0.717) is 23.6 Å². The molecule has 2 atom stereocenters. The van der Waals surface area contributed by atoms with E-state index in [1.165, 1.54) is 0 Å². The number of amides is 4. The molecule has 2 unspecified atom stereocenters. The smallest absolute Gasteiger partial charge is 0.327 e. The van der Waals surface area contributed by atoms with E-state index in [1.54, 1.807) is 61.5 Å². The fourth-order valence-electron chi connectivity index (χ4n) is 4.04. The van der Waals surface area contributed by atoms with Crippen LogP contribution < -0.4 is 15.4 Å². The van der Waals surface area contributed by atoms with Crippen LogP contribution in [0.5, 0.6) is 5.75 Å². The lowest BCUT2D eigenvalue weighted by Gasteiger charge is -2.22. The Morgan fingerprint density at radius 1 is 1.12 bits per heavy atom. The van der Waals surface area contributed by atoms with Gasteiger partial charge >= 0.3 is 12.0 Å². The molecule has 2 aromatic carbocycles. The van der Waals surface area contributed by atoms with Crippen LogP contribution in [-0.4, -0.2) is 47.4 Å². The van der Waals surface area contributed by atoms with E-state index >= 15 is 0 Å². The summed E-state index contributed by atoms with van der Waals surface area (Å²) in [6.07, 6.45) is 0.402. The van der Waals surface area contributed by atoms with Gasteiger partial charge in [-0.2, -0.15) is 0 Å². The van der Waals surface area contributed by atoms with Gasteiger partial charge < -0.3 is 20.1 Å². The van der Waals surface area contributed by atoms with Gasteiger partial charge in [0.2, 0.25) is 6.10 Å². The molecule has 2 fully saturated rings. The first-order valence-corrected chi connectivity index (χ1v) is 11.2. The third kappa shape index (κ3) is 4.73. The van der Waals surface area contributed by atoms with Crippen LogP contribution in [0.2, 0.25) is 0 Å². The lowest BCUT2D eigenvalue weighted by atomic mass is 9.96. The minimum absolute atomic E-state index is 0.0678. The number of para-hydroxylation sites is 2. The van der Waals surface area contributed by atoms with Gasteiger partial charge in [-0.05, 0) is 44.7 Å². The molecule has 0 aromatic heterocycles. The Balaban J connectivity index is 1.50. The number of ether oxygens (including phenoxy) is 2. The molecule has 1 heterocycles. The molecule has 9 nitrogen and oxygen atoms in total. The van der Waals surface area contributed by atoms with Gasteiger partial charge in [0.1, 0.15) is 17.8 Å². The molecular weight excluding hydrogens is 438 g/mol. The number of rotatable bonds is 9. The van der Waals surface area contributed by atoms with Crippen molar-refractivity contribution in [3.8, 4) is 5.75 Å². The van der Waals surface area contributed by atoms with Gasteiger partial charge in [-0.15, -0.1) is 0 Å². The molecule has 2 N–H and O–H groups in total. The van der Waals surface area contributed by atoms with Gasteiger partial charge in [-0.25, -0.2) is 4.79 Å². The lowest BCUT2D eigenvalue weighted by Crippen LogP contribution is -2.46. The number of anilines is 1. The first-order chi connectivity index (χ1) is 16.3. The molecular formula is C25H27N3O6. The highest BCUT2D eigenvalue weighted by Gasteiger charge is 2.56. The maximum Gasteiger partial charge on any atom is 0.327 e. The molecule has 4 rings (SSSR count). The summed E-state index contributed by atoms with van der Waals surface area (Å²) in [4.78, 5) is 52.0. The van der Waals surface area contributed by atoms with Crippen molar-refractivity contribution in [1.82, 2.24) is 10.2 Å². The highest BCUT2D eigenvalue weighted by Crippen LogP contribution is 2.42. The number of hydrogen-bond donors (Lipinski definition) is 2. The van der Waals surface area contributed by atoms with Crippen molar-refractivity contribution in [3.05, 3.63) is 60.2 Å². The quantitative estimate of drug-likeness (QED) is 0.435. The normalized spacial score (nSPS) is 20.5. The maximum absolute atomic E-state index is 13.2. The number of esters is 1. The van der Waals surface area contributed by atoms with Crippen LogP contribution in [0.3, 0.4) is 0 Å². The average Bonchev–Trinajstić information content (AvgIpc) is 3.65. The highest BCUT2D eigenvalue weighted by molar-refractivity contribution is 6.09. The molecule has 1 saturated heterocycles. The van der Waals surface area contributed by atoms with Crippen LogP contribution >= 0.6 is 0 Å². The lowest BCUT2D eigenvalue weighted by molar-refractivity contribution is -0.156. The van der Waals surface area contributed by atoms with E-state index in [2.05, 4.69) is 10.6 Å². The van der Waals surface area contributed by atoms with Gasteiger partial charge in [0.25, 0.3) is 11.8 Å². The molecule has 1 saturated carbocycles. The second kappa shape index (κ2) is 9.54. The first kappa shape index (κ1) is 23.3. The maximum atomic E-state index is 13.2. The molecule has 0 bridgehead atoms. The number of hydrogen-bond acceptors (Lipinski definition) is 6. The Bertz CT molecular complexity index is 1100. The topological polar surface area (TPSA) is 114 Å². The molecule has 1 aliphatic carbocycles. The van der Waals surface area contributed by atoms with E-state index in [-0.39, 0.29) is 5.92 Å². The summed E-state index contributed by atoms with van der Waals surface area (Å²) in [5, 5.41) is 5.44. The molecule has 0 radical (unpaired) electrons. The number of carbonyl (C=O) groups is 4. The van der Waals surface area contributed by atoms with E-state index in [4.69, 9.17) is 9.47 Å². The summed E-state index contributed by atoms with van der Waals surface area (Å²) in [6.45, 7) is 3.33. The molecule has 2 aromatic rings. The first-order valence-electron chi connectivity index (χ1n) is 11.2. The van der Waals surface area contributed by atoms with E-state index in [9.17, 15) is 19.2 Å². The summed E-state index contributed by atoms with van der Waals surface area (Å²) in [5.41, 5.74) is -0.126. The number of imide groups is 1. The number of carbonyl (C=O) groups excluding carboxylic acids is 4. The minimum Gasteiger partial charge on any atom is -0.492 e. The molecule has 34 heavy (non-hydrogen) atoms. The van der Waals surface area contributed by atoms with Crippen LogP contribution in [0.25, 0.3) is 0 Å². The Morgan fingerprint density at radius 3 is 2.47 bits per heavy atom. The monoisotopic (exact) mass is 465 g/mol. The molecule has 0 spiro atoms. The Morgan fingerprint density at radius 2 is 1.79 bits per heavy atom. The molecule has 1 aliphatic heterocycles. The van der Waals surface area contributed by atoms with Gasteiger partial charge in [0.05, 0.1) is 12.3 Å². The second-order valence-electron chi connectivity index (χ2n) is 8.50. The fraction of sp³-hybridized carbons (Fsp3) is 0.360. The minimum atomic E-state index is -1.29. The van der Waals surface area contributed by atoms with Crippen molar-refractivity contribution in [2.45, 2.75) is 38.3 Å². The van der Waals surface area contributed by atoms with Gasteiger partial charge in [-0.3, -0.25) is 19.3 Å². The third-order valence-electron chi connectivity index (χ3n) is 6.02. The van der Waals surface area contributed by atoms with Crippen LogP contribution in [-0.2, 0) is 19.1 Å². The van der Waals surface area contributed by atoms with Crippen molar-refractivity contribution >= 4 is 29.5 Å². The highest BCUT2D eigenvalue weighted by atomic mass is 16.5. The standard InChI is InChI=1S/C25H27N3O6/c1-3-33-19-12-8-7-11-18(19)26-22(30)21(16-9-5-4-6-10-16)34-20(29)15-28-23(31)25(2,17-13-14-17)27-24(28)32/h4-12,17,21H,3,13-15H2,1-2H3,(H,26,30)(H,27,32). The third-order valence-corrected chi connectivity index (χ3v) is 6.02. The largest absolute Gasteiger partial charge is 0.492 e. The number of benzene rings is 2. The summed E-state index contributed by atoms with van der Waals surface area (Å²) in [5.74, 6) is -1.37. The Labute approximate surface area is 197 Å². The summed E-state index contributed by atoms with van der Waals surface area (Å²) < 4.78 is 11.1. The predicted molar refractivity (Wildman–Crippen MR) is 123 cm³/mol. The van der Waals surface area contributed by atoms with Gasteiger partial charge in [0, 0.05) is 5.56 Å². The van der Waals surface area contributed by atoms with E-state index in [0.717, 1.165) is 17.7 Å². The number of nitrogens with one attached hydrogen (secondary N) is 2. The van der Waals surface area contributed by atoms with Gasteiger partial charge in [0.15, 0.2) is 0 Å². The van der Waals surface area contributed by atoms with Crippen molar-refractivity contribution in [3.63, 3.8) is 0 Å². The summed E-state index contributed by atoms with van der Waals surface area (Å²) in [7, 11) is 0. The molecule has 2 aliphatic rings. The van der Waals surface area contributed by atoms with Crippen LogP contribution in [0, 0.1) is 5.92 Å². The van der Waals surface area contributed by atoms with E-state index in [1.807, 2.05) is 6.92 Å². The Kier molecular flexibility index (Phi) is 6.54. The zero-order valence-corrected chi connectivity index (χ0v) is 19.1. The SMILES string of the molecule is CCOc1ccccc1NC(=O)C(OC(=O)CN1C(=O)NC(C)(C2CC2)C1=O)c1ccccc1. The molecule has 178 valence electrons. The Hall–Kier alpha value is -3.88. The van der Waals surface area contributed by atoms with Crippen LogP contribution in [0.4, 0.5) is 10.5 Å².